The Bertz CT molecular complexity index is 1130. The summed E-state index contributed by atoms with van der Waals surface area (Å²) in [5.41, 5.74) is 8.17. The molecule has 0 amide bonds. The van der Waals surface area contributed by atoms with Gasteiger partial charge in [0.25, 0.3) is 0 Å². The van der Waals surface area contributed by atoms with Gasteiger partial charge in [-0.05, 0) is 66.0 Å². The Balaban J connectivity index is 1.50. The molecule has 7 heteroatoms. The maximum absolute atomic E-state index is 13.6. The first-order valence-corrected chi connectivity index (χ1v) is 13.4. The van der Waals surface area contributed by atoms with Crippen molar-refractivity contribution in [3.8, 4) is 11.5 Å². The van der Waals surface area contributed by atoms with Crippen LogP contribution in [0, 0.1) is 11.8 Å². The van der Waals surface area contributed by atoms with E-state index in [1.165, 1.54) is 0 Å². The molecule has 1 saturated carbocycles. The molecule has 0 radical (unpaired) electrons. The third-order valence-corrected chi connectivity index (χ3v) is 7.78. The first-order chi connectivity index (χ1) is 16.8. The van der Waals surface area contributed by atoms with E-state index in [4.69, 9.17) is 10.5 Å². The molecule has 3 atom stereocenters. The predicted octanol–water partition coefficient (Wildman–Crippen LogP) is 6.25. The minimum Gasteiger partial charge on any atom is -0.507 e. The van der Waals surface area contributed by atoms with Crippen LogP contribution in [0.1, 0.15) is 75.9 Å². The number of likely N-dealkylation sites (tertiary alicyclic amines) is 1. The molecule has 2 fully saturated rings. The van der Waals surface area contributed by atoms with Crippen LogP contribution in [0.15, 0.2) is 40.4 Å². The number of carbonyl (C=O) groups excluding carboxylic acids is 1. The number of hydrogen-bond acceptors (Lipinski definition) is 5. The molecule has 194 valence electrons. The lowest BCUT2D eigenvalue weighted by atomic mass is 9.78. The van der Waals surface area contributed by atoms with Crippen molar-refractivity contribution >= 4 is 33.5 Å². The SMILES string of the molecule is CC(C)(C)c1cc(C(=O)CN2C[C@@H]3C[C@@H](Oc4ccc(N)cc4)C[C@@H]3/C2=N/Br)cc(C(C)(C)C)c1O. The Labute approximate surface area is 223 Å². The number of ketones is 1. The second-order valence-corrected chi connectivity index (χ2v) is 12.7. The van der Waals surface area contributed by atoms with E-state index in [9.17, 15) is 9.90 Å². The van der Waals surface area contributed by atoms with E-state index in [0.29, 0.717) is 11.5 Å². The minimum absolute atomic E-state index is 0.0364. The van der Waals surface area contributed by atoms with Gasteiger partial charge in [-0.2, -0.15) is 4.02 Å². The molecule has 1 heterocycles. The number of nitrogen functional groups attached to an aromatic ring is 1. The number of benzene rings is 2. The highest BCUT2D eigenvalue weighted by Crippen LogP contribution is 2.43. The highest BCUT2D eigenvalue weighted by Gasteiger charge is 2.46. The van der Waals surface area contributed by atoms with Crippen LogP contribution in [0.4, 0.5) is 5.69 Å². The van der Waals surface area contributed by atoms with Gasteiger partial charge in [0.1, 0.15) is 17.3 Å². The van der Waals surface area contributed by atoms with Gasteiger partial charge < -0.3 is 20.5 Å². The molecule has 0 bridgehead atoms. The van der Waals surface area contributed by atoms with Crippen LogP contribution in [0.3, 0.4) is 0 Å². The third-order valence-electron chi connectivity index (χ3n) is 7.41. The van der Waals surface area contributed by atoms with Crippen molar-refractivity contribution in [2.75, 3.05) is 18.8 Å². The van der Waals surface area contributed by atoms with Crippen LogP contribution in [0.2, 0.25) is 0 Å². The molecule has 2 aromatic carbocycles. The van der Waals surface area contributed by atoms with Crippen molar-refractivity contribution in [1.29, 1.82) is 0 Å². The monoisotopic (exact) mass is 555 g/mol. The van der Waals surface area contributed by atoms with Gasteiger partial charge in [-0.1, -0.05) is 41.5 Å². The maximum atomic E-state index is 13.6. The predicted molar refractivity (Wildman–Crippen MR) is 149 cm³/mol. The van der Waals surface area contributed by atoms with Crippen molar-refractivity contribution < 1.29 is 14.6 Å². The van der Waals surface area contributed by atoms with Gasteiger partial charge in [0, 0.05) is 34.8 Å². The summed E-state index contributed by atoms with van der Waals surface area (Å²) in [5.74, 6) is 2.72. The first-order valence-electron chi connectivity index (χ1n) is 12.6. The summed E-state index contributed by atoms with van der Waals surface area (Å²) in [5, 5.41) is 11.0. The van der Waals surface area contributed by atoms with Gasteiger partial charge in [0.05, 0.1) is 28.8 Å². The summed E-state index contributed by atoms with van der Waals surface area (Å²) in [4.78, 5) is 15.7. The number of fused-ring (bicyclic) bond motifs is 1. The molecule has 6 nitrogen and oxygen atoms in total. The minimum atomic E-state index is -0.285. The molecule has 0 spiro atoms. The van der Waals surface area contributed by atoms with E-state index >= 15 is 0 Å². The molecular formula is C29H38BrN3O3. The smallest absolute Gasteiger partial charge is 0.182 e. The summed E-state index contributed by atoms with van der Waals surface area (Å²) < 4.78 is 10.6. The number of rotatable bonds is 5. The maximum Gasteiger partial charge on any atom is 0.182 e. The molecule has 2 aromatic rings. The van der Waals surface area contributed by atoms with E-state index in [0.717, 1.165) is 47.8 Å². The molecule has 4 rings (SSSR count). The average molecular weight is 557 g/mol. The van der Waals surface area contributed by atoms with Gasteiger partial charge in [0.15, 0.2) is 5.78 Å². The number of hydrogen-bond donors (Lipinski definition) is 2. The summed E-state index contributed by atoms with van der Waals surface area (Å²) in [6, 6.07) is 11.2. The van der Waals surface area contributed by atoms with Crippen LogP contribution in [-0.4, -0.2) is 40.8 Å². The fourth-order valence-electron chi connectivity index (χ4n) is 5.50. The molecule has 3 N–H and O–H groups in total. The number of amidine groups is 1. The molecular weight excluding hydrogens is 518 g/mol. The Morgan fingerprint density at radius 2 is 1.67 bits per heavy atom. The quantitative estimate of drug-likeness (QED) is 0.336. The van der Waals surface area contributed by atoms with Crippen molar-refractivity contribution in [1.82, 2.24) is 4.90 Å². The summed E-state index contributed by atoms with van der Waals surface area (Å²) in [6.45, 7) is 13.4. The molecule has 1 aliphatic heterocycles. The number of carbonyl (C=O) groups is 1. The molecule has 36 heavy (non-hydrogen) atoms. The Hall–Kier alpha value is -2.54. The van der Waals surface area contributed by atoms with Gasteiger partial charge in [-0.3, -0.25) is 4.79 Å². The van der Waals surface area contributed by atoms with Gasteiger partial charge in [-0.25, -0.2) is 0 Å². The fraction of sp³-hybridized carbons (Fsp3) is 0.517. The van der Waals surface area contributed by atoms with E-state index in [-0.39, 0.29) is 40.9 Å². The lowest BCUT2D eigenvalue weighted by molar-refractivity contribution is 0.0962. The van der Waals surface area contributed by atoms with Crippen LogP contribution in [-0.2, 0) is 10.8 Å². The van der Waals surface area contributed by atoms with Crippen LogP contribution in [0.25, 0.3) is 0 Å². The molecule has 1 aliphatic carbocycles. The number of ether oxygens (including phenoxy) is 1. The first kappa shape index (κ1) is 26.5. The third kappa shape index (κ3) is 5.41. The zero-order valence-electron chi connectivity index (χ0n) is 22.1. The second kappa shape index (κ2) is 9.73. The summed E-state index contributed by atoms with van der Waals surface area (Å²) >= 11 is 3.33. The van der Waals surface area contributed by atoms with Crippen molar-refractivity contribution in [2.45, 2.75) is 71.3 Å². The zero-order chi connectivity index (χ0) is 26.4. The summed E-state index contributed by atoms with van der Waals surface area (Å²) in [6.07, 6.45) is 1.91. The van der Waals surface area contributed by atoms with Gasteiger partial charge in [-0.15, -0.1) is 0 Å². The van der Waals surface area contributed by atoms with Crippen molar-refractivity contribution in [2.24, 2.45) is 15.9 Å². The number of halogens is 1. The van der Waals surface area contributed by atoms with Crippen LogP contribution < -0.4 is 10.5 Å². The number of phenolic OH excluding ortho intramolecular Hbond substituents is 1. The van der Waals surface area contributed by atoms with E-state index in [2.05, 4.69) is 66.6 Å². The molecule has 0 aromatic heterocycles. The van der Waals surface area contributed by atoms with E-state index < -0.39 is 0 Å². The van der Waals surface area contributed by atoms with Crippen LogP contribution >= 0.6 is 16.1 Å². The standard InChI is InChI=1S/C29H38BrN3O3/c1-28(2,3)23-12-17(13-24(26(23)35)29(4,5)6)25(34)16-33-15-18-11-21(14-22(18)27(33)32-30)36-20-9-7-19(31)8-10-20/h7-10,12-13,18,21-22,35H,11,14-16,31H2,1-6H3/b32-27-/t18-,21+,22-/m0/s1. The van der Waals surface area contributed by atoms with Gasteiger partial charge in [0.2, 0.25) is 0 Å². The number of nitrogens with zero attached hydrogens (tertiary/aromatic N) is 2. The van der Waals surface area contributed by atoms with E-state index in [1.807, 2.05) is 36.4 Å². The topological polar surface area (TPSA) is 88.2 Å². The van der Waals surface area contributed by atoms with Crippen molar-refractivity contribution in [3.05, 3.63) is 53.1 Å². The average Bonchev–Trinajstić information content (AvgIpc) is 3.30. The van der Waals surface area contributed by atoms with E-state index in [1.54, 1.807) is 0 Å². The number of anilines is 1. The Morgan fingerprint density at radius 1 is 1.08 bits per heavy atom. The normalized spacial score (nSPS) is 23.2. The number of phenols is 1. The highest BCUT2D eigenvalue weighted by atomic mass is 79.9. The largest absolute Gasteiger partial charge is 0.507 e. The molecule has 1 saturated heterocycles. The second-order valence-electron chi connectivity index (χ2n) is 12.3. The number of Topliss-reactive ketones (excluding diaryl/α,β-unsaturated/α-hetero) is 1. The zero-order valence-corrected chi connectivity index (χ0v) is 23.7. The Kier molecular flexibility index (Phi) is 7.17. The lowest BCUT2D eigenvalue weighted by Gasteiger charge is -2.28. The van der Waals surface area contributed by atoms with Crippen molar-refractivity contribution in [3.63, 3.8) is 0 Å². The lowest BCUT2D eigenvalue weighted by Crippen LogP contribution is -2.34. The number of nitrogens with two attached hydrogens (primary N) is 1. The fourth-order valence-corrected chi connectivity index (χ4v) is 5.99. The Morgan fingerprint density at radius 3 is 2.19 bits per heavy atom. The highest BCUT2D eigenvalue weighted by molar-refractivity contribution is 9.08. The summed E-state index contributed by atoms with van der Waals surface area (Å²) in [7, 11) is 0. The molecule has 2 aliphatic rings. The van der Waals surface area contributed by atoms with Crippen LogP contribution in [0.5, 0.6) is 11.5 Å². The van der Waals surface area contributed by atoms with Gasteiger partial charge >= 0.3 is 0 Å². The molecule has 0 unspecified atom stereocenters. The number of aromatic hydroxyl groups is 1.